The smallest absolute Gasteiger partial charge is 0.0394 e. The molecule has 0 saturated carbocycles. The van der Waals surface area contributed by atoms with E-state index in [2.05, 4.69) is 38.1 Å². The van der Waals surface area contributed by atoms with Crippen molar-refractivity contribution in [2.75, 3.05) is 6.54 Å². The number of rotatable bonds is 7. The normalized spacial score (nSPS) is 20.5. The fraction of sp³-hybridized carbons (Fsp3) is 0.812. The van der Waals surface area contributed by atoms with Crippen molar-refractivity contribution in [1.29, 1.82) is 0 Å². The third-order valence-corrected chi connectivity index (χ3v) is 3.71. The van der Waals surface area contributed by atoms with Crippen molar-refractivity contribution < 1.29 is 0 Å². The molecule has 1 atom stereocenters. The Labute approximate surface area is 107 Å². The monoisotopic (exact) mass is 235 g/mol. The number of hydrogen-bond acceptors (Lipinski definition) is 1. The third kappa shape index (κ3) is 5.52. The average Bonchev–Trinajstić information content (AvgIpc) is 2.54. The molecule has 0 aromatic rings. The van der Waals surface area contributed by atoms with Crippen molar-refractivity contribution in [2.45, 2.75) is 65.7 Å². The molecular weight excluding hydrogens is 206 g/mol. The summed E-state index contributed by atoms with van der Waals surface area (Å²) in [6.07, 6.45) is 13.9. The number of unbranched alkanes of at least 4 members (excludes halogenated alkanes) is 2. The molecule has 0 aliphatic carbocycles. The zero-order chi connectivity index (χ0) is 12.5. The molecule has 0 N–H and O–H groups in total. The number of hydrogen-bond donors (Lipinski definition) is 0. The van der Waals surface area contributed by atoms with Crippen LogP contribution in [0.2, 0.25) is 0 Å². The molecule has 1 unspecified atom stereocenters. The molecule has 1 heterocycles. The molecule has 0 saturated heterocycles. The Bertz CT molecular complexity index is 244. The molecule has 17 heavy (non-hydrogen) atoms. The van der Waals surface area contributed by atoms with E-state index < -0.39 is 0 Å². The molecule has 0 spiro atoms. The van der Waals surface area contributed by atoms with Gasteiger partial charge in [0, 0.05) is 12.8 Å². The predicted octanol–water partition coefficient (Wildman–Crippen LogP) is 5.02. The summed E-state index contributed by atoms with van der Waals surface area (Å²) < 4.78 is 0. The van der Waals surface area contributed by atoms with E-state index in [0.717, 1.165) is 12.5 Å². The number of nitrogens with zero attached hydrogens (tertiary/aromatic N) is 1. The van der Waals surface area contributed by atoms with Crippen LogP contribution in [0, 0.1) is 11.8 Å². The van der Waals surface area contributed by atoms with E-state index in [9.17, 15) is 0 Å². The molecule has 1 nitrogen and oxygen atoms in total. The van der Waals surface area contributed by atoms with Gasteiger partial charge in [-0.15, -0.1) is 0 Å². The SMILES string of the molecule is CCCCC(CCCC)C1=CC(C)CCN=C1. The van der Waals surface area contributed by atoms with E-state index in [1.165, 1.54) is 50.5 Å². The van der Waals surface area contributed by atoms with Crippen LogP contribution in [0.15, 0.2) is 16.6 Å². The van der Waals surface area contributed by atoms with Gasteiger partial charge in [-0.3, -0.25) is 4.99 Å². The van der Waals surface area contributed by atoms with Gasteiger partial charge >= 0.3 is 0 Å². The summed E-state index contributed by atoms with van der Waals surface area (Å²) in [6, 6.07) is 0. The quantitative estimate of drug-likeness (QED) is 0.587. The lowest BCUT2D eigenvalue weighted by molar-refractivity contribution is 0.484. The Morgan fingerprint density at radius 3 is 2.47 bits per heavy atom. The van der Waals surface area contributed by atoms with Gasteiger partial charge in [-0.1, -0.05) is 52.5 Å². The highest BCUT2D eigenvalue weighted by molar-refractivity contribution is 5.79. The van der Waals surface area contributed by atoms with Gasteiger partial charge in [-0.2, -0.15) is 0 Å². The van der Waals surface area contributed by atoms with Crippen LogP contribution >= 0.6 is 0 Å². The van der Waals surface area contributed by atoms with Crippen LogP contribution in [0.5, 0.6) is 0 Å². The zero-order valence-corrected chi connectivity index (χ0v) is 11.9. The summed E-state index contributed by atoms with van der Waals surface area (Å²) in [5.41, 5.74) is 1.52. The average molecular weight is 235 g/mol. The van der Waals surface area contributed by atoms with Gasteiger partial charge in [0.25, 0.3) is 0 Å². The maximum absolute atomic E-state index is 4.55. The van der Waals surface area contributed by atoms with E-state index >= 15 is 0 Å². The number of aliphatic imine (C=N–C) groups is 1. The summed E-state index contributed by atoms with van der Waals surface area (Å²) in [4.78, 5) is 4.55. The minimum Gasteiger partial charge on any atom is -0.293 e. The summed E-state index contributed by atoms with van der Waals surface area (Å²) in [7, 11) is 0. The molecular formula is C16H29N. The molecule has 0 amide bonds. The fourth-order valence-corrected chi connectivity index (χ4v) is 2.52. The largest absolute Gasteiger partial charge is 0.293 e. The van der Waals surface area contributed by atoms with Crippen LogP contribution in [0.3, 0.4) is 0 Å². The first kappa shape index (κ1) is 14.5. The van der Waals surface area contributed by atoms with Gasteiger partial charge < -0.3 is 0 Å². The molecule has 98 valence electrons. The first-order chi connectivity index (χ1) is 8.27. The van der Waals surface area contributed by atoms with Crippen LogP contribution in [-0.2, 0) is 0 Å². The highest BCUT2D eigenvalue weighted by Crippen LogP contribution is 2.26. The molecule has 0 aromatic heterocycles. The summed E-state index contributed by atoms with van der Waals surface area (Å²) in [5, 5.41) is 0. The van der Waals surface area contributed by atoms with Gasteiger partial charge in [0.15, 0.2) is 0 Å². The predicted molar refractivity (Wildman–Crippen MR) is 77.8 cm³/mol. The second-order valence-electron chi connectivity index (χ2n) is 5.45. The van der Waals surface area contributed by atoms with E-state index in [4.69, 9.17) is 0 Å². The van der Waals surface area contributed by atoms with Crippen molar-refractivity contribution in [3.05, 3.63) is 11.6 Å². The maximum Gasteiger partial charge on any atom is 0.0394 e. The van der Waals surface area contributed by atoms with Gasteiger partial charge in [0.1, 0.15) is 0 Å². The van der Waals surface area contributed by atoms with E-state index in [-0.39, 0.29) is 0 Å². The van der Waals surface area contributed by atoms with Crippen molar-refractivity contribution in [2.24, 2.45) is 16.8 Å². The molecule has 0 radical (unpaired) electrons. The molecule has 1 aliphatic rings. The topological polar surface area (TPSA) is 12.4 Å². The molecule has 0 fully saturated rings. The van der Waals surface area contributed by atoms with Crippen LogP contribution in [-0.4, -0.2) is 12.8 Å². The van der Waals surface area contributed by atoms with Gasteiger partial charge in [0.05, 0.1) is 0 Å². The second-order valence-corrected chi connectivity index (χ2v) is 5.45. The third-order valence-electron chi connectivity index (χ3n) is 3.71. The maximum atomic E-state index is 4.55. The standard InChI is InChI=1S/C16H29N/c1-4-6-8-15(9-7-5-2)16-12-14(3)10-11-17-13-16/h12-15H,4-11H2,1-3H3. The van der Waals surface area contributed by atoms with Gasteiger partial charge in [-0.05, 0) is 36.7 Å². The first-order valence-corrected chi connectivity index (χ1v) is 7.49. The highest BCUT2D eigenvalue weighted by atomic mass is 14.7. The summed E-state index contributed by atoms with van der Waals surface area (Å²) in [6.45, 7) is 7.91. The summed E-state index contributed by atoms with van der Waals surface area (Å²) >= 11 is 0. The lowest BCUT2D eigenvalue weighted by Crippen LogP contribution is -2.07. The van der Waals surface area contributed by atoms with Crippen molar-refractivity contribution in [3.8, 4) is 0 Å². The van der Waals surface area contributed by atoms with Crippen LogP contribution < -0.4 is 0 Å². The van der Waals surface area contributed by atoms with E-state index in [0.29, 0.717) is 5.92 Å². The lowest BCUT2D eigenvalue weighted by Gasteiger charge is -2.18. The Kier molecular flexibility index (Phi) is 7.23. The zero-order valence-electron chi connectivity index (χ0n) is 11.9. The molecule has 1 rings (SSSR count). The second kappa shape index (κ2) is 8.49. The molecule has 1 heteroatoms. The minimum absolute atomic E-state index is 0.707. The number of allylic oxidation sites excluding steroid dienone is 2. The molecule has 0 aromatic carbocycles. The first-order valence-electron chi connectivity index (χ1n) is 7.49. The molecule has 0 bridgehead atoms. The van der Waals surface area contributed by atoms with Crippen LogP contribution in [0.25, 0.3) is 0 Å². The van der Waals surface area contributed by atoms with Crippen LogP contribution in [0.4, 0.5) is 0 Å². The van der Waals surface area contributed by atoms with E-state index in [1.807, 2.05) is 0 Å². The van der Waals surface area contributed by atoms with Gasteiger partial charge in [0.2, 0.25) is 0 Å². The Morgan fingerprint density at radius 2 is 1.88 bits per heavy atom. The summed E-state index contributed by atoms with van der Waals surface area (Å²) in [5.74, 6) is 1.47. The van der Waals surface area contributed by atoms with E-state index in [1.54, 1.807) is 0 Å². The highest BCUT2D eigenvalue weighted by Gasteiger charge is 2.14. The Morgan fingerprint density at radius 1 is 1.24 bits per heavy atom. The van der Waals surface area contributed by atoms with Crippen molar-refractivity contribution in [3.63, 3.8) is 0 Å². The Hall–Kier alpha value is -0.590. The Balaban J connectivity index is 2.64. The fourth-order valence-electron chi connectivity index (χ4n) is 2.52. The van der Waals surface area contributed by atoms with Gasteiger partial charge in [-0.25, -0.2) is 0 Å². The minimum atomic E-state index is 0.707. The lowest BCUT2D eigenvalue weighted by atomic mass is 9.87. The van der Waals surface area contributed by atoms with Crippen molar-refractivity contribution in [1.82, 2.24) is 0 Å². The van der Waals surface area contributed by atoms with Crippen LogP contribution in [0.1, 0.15) is 65.7 Å². The van der Waals surface area contributed by atoms with Crippen molar-refractivity contribution >= 4 is 6.21 Å². The molecule has 1 aliphatic heterocycles.